The van der Waals surface area contributed by atoms with Crippen molar-refractivity contribution >= 4 is 23.1 Å². The van der Waals surface area contributed by atoms with Gasteiger partial charge in [-0.1, -0.05) is 26.0 Å². The highest BCUT2D eigenvalue weighted by atomic mass is 16.5. The maximum absolute atomic E-state index is 13.3. The second kappa shape index (κ2) is 11.6. The molecule has 2 amide bonds. The summed E-state index contributed by atoms with van der Waals surface area (Å²) in [5, 5.41) is 3.14. The number of hydrogen-bond donors (Lipinski definition) is 1. The second-order valence-corrected chi connectivity index (χ2v) is 8.28. The summed E-state index contributed by atoms with van der Waals surface area (Å²) in [5.74, 6) is 1.46. The zero-order chi connectivity index (χ0) is 24.7. The smallest absolute Gasteiger partial charge is 0.278 e. The van der Waals surface area contributed by atoms with Gasteiger partial charge in [0.15, 0.2) is 0 Å². The summed E-state index contributed by atoms with van der Waals surface area (Å²) in [4.78, 5) is 27.9. The number of rotatable bonds is 12. The van der Waals surface area contributed by atoms with Crippen LogP contribution in [0.1, 0.15) is 25.8 Å². The predicted octanol–water partition coefficient (Wildman–Crippen LogP) is 3.97. The minimum atomic E-state index is -0.394. The number of nitrogens with one attached hydrogen (secondary N) is 1. The number of anilines is 1. The summed E-state index contributed by atoms with van der Waals surface area (Å²) in [6, 6.07) is 12.4. The minimum absolute atomic E-state index is 0.196. The second-order valence-electron chi connectivity index (χ2n) is 8.28. The topological polar surface area (TPSA) is 86.3 Å². The third kappa shape index (κ3) is 5.69. The van der Waals surface area contributed by atoms with Gasteiger partial charge >= 0.3 is 0 Å². The number of amides is 2. The number of methoxy groups -OCH3 is 3. The van der Waals surface area contributed by atoms with Gasteiger partial charge in [-0.3, -0.25) is 14.5 Å². The number of benzene rings is 2. The van der Waals surface area contributed by atoms with Crippen LogP contribution in [0.2, 0.25) is 0 Å². The molecule has 1 aliphatic rings. The summed E-state index contributed by atoms with van der Waals surface area (Å²) in [5.41, 5.74) is 1.67. The zero-order valence-corrected chi connectivity index (χ0v) is 20.3. The van der Waals surface area contributed by atoms with Crippen LogP contribution in [-0.4, -0.2) is 57.8 Å². The Morgan fingerprint density at radius 1 is 0.912 bits per heavy atom. The van der Waals surface area contributed by atoms with E-state index in [-0.39, 0.29) is 18.1 Å². The van der Waals surface area contributed by atoms with Crippen molar-refractivity contribution in [2.75, 3.05) is 46.4 Å². The van der Waals surface area contributed by atoms with Crippen LogP contribution in [0.3, 0.4) is 0 Å². The van der Waals surface area contributed by atoms with E-state index >= 15 is 0 Å². The van der Waals surface area contributed by atoms with Gasteiger partial charge in [0.2, 0.25) is 0 Å². The van der Waals surface area contributed by atoms with Gasteiger partial charge < -0.3 is 24.3 Å². The molecule has 34 heavy (non-hydrogen) atoms. The van der Waals surface area contributed by atoms with Crippen molar-refractivity contribution in [2.24, 2.45) is 5.92 Å². The summed E-state index contributed by atoms with van der Waals surface area (Å²) in [6.45, 7) is 5.45. The molecule has 1 aliphatic heterocycles. The molecule has 8 heteroatoms. The average molecular weight is 469 g/mol. The van der Waals surface area contributed by atoms with Crippen molar-refractivity contribution in [3.8, 4) is 17.2 Å². The Morgan fingerprint density at radius 3 is 2.24 bits per heavy atom. The maximum Gasteiger partial charge on any atom is 0.278 e. The molecule has 3 rings (SSSR count). The molecule has 0 saturated carbocycles. The van der Waals surface area contributed by atoms with Crippen molar-refractivity contribution in [1.82, 2.24) is 4.90 Å². The van der Waals surface area contributed by atoms with E-state index in [9.17, 15) is 9.59 Å². The number of carbonyl (C=O) groups excluding carboxylic acids is 2. The first-order valence-electron chi connectivity index (χ1n) is 11.2. The van der Waals surface area contributed by atoms with Crippen LogP contribution in [0.4, 0.5) is 5.69 Å². The molecule has 0 saturated heterocycles. The molecule has 0 bridgehead atoms. The van der Waals surface area contributed by atoms with Crippen molar-refractivity contribution in [2.45, 2.75) is 20.3 Å². The summed E-state index contributed by atoms with van der Waals surface area (Å²) < 4.78 is 21.6. The molecular weight excluding hydrogens is 436 g/mol. The first kappa shape index (κ1) is 25.1. The Kier molecular flexibility index (Phi) is 8.54. The van der Waals surface area contributed by atoms with Gasteiger partial charge in [0, 0.05) is 26.3 Å². The van der Waals surface area contributed by atoms with E-state index in [1.807, 2.05) is 12.1 Å². The van der Waals surface area contributed by atoms with Gasteiger partial charge in [0.1, 0.15) is 22.9 Å². The summed E-state index contributed by atoms with van der Waals surface area (Å²) >= 11 is 0. The maximum atomic E-state index is 13.3. The van der Waals surface area contributed by atoms with Crippen molar-refractivity contribution in [3.63, 3.8) is 0 Å². The minimum Gasteiger partial charge on any atom is -0.497 e. The molecule has 0 aliphatic carbocycles. The van der Waals surface area contributed by atoms with E-state index < -0.39 is 5.91 Å². The van der Waals surface area contributed by atoms with E-state index in [0.717, 1.165) is 0 Å². The van der Waals surface area contributed by atoms with Crippen LogP contribution in [0.5, 0.6) is 17.2 Å². The fraction of sp³-hybridized carbons (Fsp3) is 0.385. The van der Waals surface area contributed by atoms with Gasteiger partial charge in [0.25, 0.3) is 11.8 Å². The summed E-state index contributed by atoms with van der Waals surface area (Å²) in [7, 11) is 4.68. The fourth-order valence-electron chi connectivity index (χ4n) is 3.55. The Labute approximate surface area is 200 Å². The molecule has 0 fully saturated rings. The molecule has 0 aromatic heterocycles. The molecule has 2 aromatic rings. The summed E-state index contributed by atoms with van der Waals surface area (Å²) in [6.07, 6.45) is 0.544. The van der Waals surface area contributed by atoms with E-state index in [0.29, 0.717) is 59.6 Å². The van der Waals surface area contributed by atoms with Crippen LogP contribution in [0.25, 0.3) is 5.57 Å². The Bertz CT molecular complexity index is 1050. The van der Waals surface area contributed by atoms with Crippen LogP contribution in [0.15, 0.2) is 48.2 Å². The molecule has 0 spiro atoms. The largest absolute Gasteiger partial charge is 0.497 e. The highest BCUT2D eigenvalue weighted by Gasteiger charge is 2.39. The predicted molar refractivity (Wildman–Crippen MR) is 130 cm³/mol. The van der Waals surface area contributed by atoms with Crippen LogP contribution in [-0.2, 0) is 14.3 Å². The Morgan fingerprint density at radius 2 is 1.62 bits per heavy atom. The Hall–Kier alpha value is -3.52. The van der Waals surface area contributed by atoms with Gasteiger partial charge in [-0.2, -0.15) is 0 Å². The third-order valence-electron chi connectivity index (χ3n) is 5.29. The van der Waals surface area contributed by atoms with Gasteiger partial charge in [0.05, 0.1) is 32.1 Å². The lowest BCUT2D eigenvalue weighted by atomic mass is 10.0. The SMILES string of the molecule is COCCCN1C(=O)C(Nc2ccc(OC)cc2OC)=C(c2ccc(OCC(C)C)cc2)C1=O. The lowest BCUT2D eigenvalue weighted by molar-refractivity contribution is -0.136. The highest BCUT2D eigenvalue weighted by molar-refractivity contribution is 6.36. The van der Waals surface area contributed by atoms with Gasteiger partial charge in [-0.25, -0.2) is 0 Å². The molecule has 0 unspecified atom stereocenters. The molecule has 2 aromatic carbocycles. The van der Waals surface area contributed by atoms with Crippen LogP contribution in [0, 0.1) is 5.92 Å². The number of hydrogen-bond acceptors (Lipinski definition) is 7. The lowest BCUT2D eigenvalue weighted by Crippen LogP contribution is -2.33. The number of imide groups is 1. The zero-order valence-electron chi connectivity index (χ0n) is 20.3. The first-order valence-corrected chi connectivity index (χ1v) is 11.2. The Balaban J connectivity index is 1.97. The number of ether oxygens (including phenoxy) is 4. The molecule has 182 valence electrons. The quantitative estimate of drug-likeness (QED) is 0.373. The normalized spacial score (nSPS) is 13.6. The van der Waals surface area contributed by atoms with E-state index in [2.05, 4.69) is 19.2 Å². The van der Waals surface area contributed by atoms with Gasteiger partial charge in [-0.15, -0.1) is 0 Å². The van der Waals surface area contributed by atoms with Crippen molar-refractivity contribution in [1.29, 1.82) is 0 Å². The molecule has 8 nitrogen and oxygen atoms in total. The van der Waals surface area contributed by atoms with Gasteiger partial charge in [-0.05, 0) is 42.2 Å². The van der Waals surface area contributed by atoms with Crippen molar-refractivity contribution < 1.29 is 28.5 Å². The third-order valence-corrected chi connectivity index (χ3v) is 5.29. The van der Waals surface area contributed by atoms with E-state index in [1.165, 1.54) is 12.0 Å². The lowest BCUT2D eigenvalue weighted by Gasteiger charge is -2.16. The monoisotopic (exact) mass is 468 g/mol. The average Bonchev–Trinajstić information content (AvgIpc) is 3.07. The number of nitrogens with zero attached hydrogens (tertiary/aromatic N) is 1. The van der Waals surface area contributed by atoms with Crippen LogP contribution < -0.4 is 19.5 Å². The molecule has 0 radical (unpaired) electrons. The molecular formula is C26H32N2O6. The number of carbonyl (C=O) groups is 2. The standard InChI is InChI=1S/C26H32N2O6/c1-17(2)16-34-19-9-7-18(8-10-19)23-24(26(30)28(25(23)29)13-6-14-31-3)27-21-12-11-20(32-4)15-22(21)33-5/h7-12,15,17,27H,6,13-14,16H2,1-5H3. The van der Waals surface area contributed by atoms with E-state index in [1.54, 1.807) is 44.6 Å². The molecule has 1 N–H and O–H groups in total. The highest BCUT2D eigenvalue weighted by Crippen LogP contribution is 2.35. The fourth-order valence-corrected chi connectivity index (χ4v) is 3.55. The van der Waals surface area contributed by atoms with E-state index in [4.69, 9.17) is 18.9 Å². The van der Waals surface area contributed by atoms with Crippen molar-refractivity contribution in [3.05, 3.63) is 53.7 Å². The van der Waals surface area contributed by atoms with Crippen LogP contribution >= 0.6 is 0 Å². The first-order chi connectivity index (χ1) is 16.4. The molecule has 0 atom stereocenters. The molecule has 1 heterocycles.